The van der Waals surface area contributed by atoms with Crippen molar-refractivity contribution in [2.45, 2.75) is 32.8 Å². The molecule has 1 aliphatic rings. The zero-order chi connectivity index (χ0) is 22.0. The molecule has 3 aromatic rings. The van der Waals surface area contributed by atoms with Gasteiger partial charge < -0.3 is 20.2 Å². The van der Waals surface area contributed by atoms with Gasteiger partial charge in [0.15, 0.2) is 11.7 Å². The molecule has 0 saturated carbocycles. The quantitative estimate of drug-likeness (QED) is 0.571. The third-order valence-corrected chi connectivity index (χ3v) is 6.86. The molecule has 4 rings (SSSR count). The highest BCUT2D eigenvalue weighted by molar-refractivity contribution is 6.43. The van der Waals surface area contributed by atoms with Crippen LogP contribution in [-0.2, 0) is 13.0 Å². The number of aliphatic hydroxyl groups is 1. The van der Waals surface area contributed by atoms with E-state index >= 15 is 0 Å². The number of aromatic nitrogens is 3. The minimum atomic E-state index is -0.220. The highest BCUT2D eigenvalue weighted by atomic mass is 35.5. The number of benzene rings is 1. The number of anilines is 1. The van der Waals surface area contributed by atoms with Crippen molar-refractivity contribution >= 4 is 29.0 Å². The molecule has 1 aromatic carbocycles. The summed E-state index contributed by atoms with van der Waals surface area (Å²) in [6.07, 6.45) is 5.72. The van der Waals surface area contributed by atoms with Crippen LogP contribution in [0.15, 0.2) is 35.1 Å². The van der Waals surface area contributed by atoms with Gasteiger partial charge in [0, 0.05) is 25.1 Å². The molecule has 7 nitrogen and oxygen atoms in total. The van der Waals surface area contributed by atoms with Crippen molar-refractivity contribution in [2.24, 2.45) is 11.1 Å². The van der Waals surface area contributed by atoms with Crippen LogP contribution in [0.25, 0.3) is 11.3 Å². The van der Waals surface area contributed by atoms with Gasteiger partial charge in [-0.1, -0.05) is 35.3 Å². The zero-order valence-corrected chi connectivity index (χ0v) is 18.8. The van der Waals surface area contributed by atoms with Gasteiger partial charge in [-0.3, -0.25) is 0 Å². The molecule has 0 radical (unpaired) electrons. The second-order valence-corrected chi connectivity index (χ2v) is 8.77. The third kappa shape index (κ3) is 4.41. The van der Waals surface area contributed by atoms with Crippen molar-refractivity contribution in [1.29, 1.82) is 0 Å². The van der Waals surface area contributed by atoms with Crippen molar-refractivity contribution in [1.82, 2.24) is 15.0 Å². The molecule has 1 saturated heterocycles. The van der Waals surface area contributed by atoms with E-state index in [2.05, 4.69) is 9.88 Å². The molecule has 2 aromatic heterocycles. The lowest BCUT2D eigenvalue weighted by Crippen LogP contribution is -2.46. The molecule has 9 heteroatoms. The Morgan fingerprint density at radius 1 is 1.23 bits per heavy atom. The summed E-state index contributed by atoms with van der Waals surface area (Å²) in [4.78, 5) is 15.9. The van der Waals surface area contributed by atoms with Crippen molar-refractivity contribution in [3.05, 3.63) is 58.0 Å². The predicted octanol–water partition coefficient (Wildman–Crippen LogP) is 4.03. The van der Waals surface area contributed by atoms with Crippen LogP contribution in [0.1, 0.15) is 30.1 Å². The number of aryl methyl sites for hydroxylation is 1. The number of hydrogen-bond donors (Lipinski definition) is 2. The van der Waals surface area contributed by atoms with Gasteiger partial charge in [-0.25, -0.2) is 15.0 Å². The lowest BCUT2D eigenvalue weighted by molar-refractivity contribution is 0.207. The van der Waals surface area contributed by atoms with E-state index in [1.807, 2.05) is 19.1 Å². The molecule has 3 heterocycles. The van der Waals surface area contributed by atoms with Gasteiger partial charge in [-0.2, -0.15) is 0 Å². The van der Waals surface area contributed by atoms with Gasteiger partial charge in [-0.15, -0.1) is 0 Å². The molecule has 0 aliphatic carbocycles. The van der Waals surface area contributed by atoms with Crippen molar-refractivity contribution in [3.63, 3.8) is 0 Å². The lowest BCUT2D eigenvalue weighted by Gasteiger charge is -2.41. The largest absolute Gasteiger partial charge is 0.449 e. The molecule has 0 unspecified atom stereocenters. The summed E-state index contributed by atoms with van der Waals surface area (Å²) in [5, 5.41) is 10.9. The third-order valence-electron chi connectivity index (χ3n) is 6.04. The summed E-state index contributed by atoms with van der Waals surface area (Å²) < 4.78 is 5.44. The number of nitrogens with zero attached hydrogens (tertiary/aromatic N) is 4. The van der Waals surface area contributed by atoms with Crippen molar-refractivity contribution in [3.8, 4) is 11.3 Å². The van der Waals surface area contributed by atoms with Gasteiger partial charge in [0.05, 0.1) is 34.2 Å². The van der Waals surface area contributed by atoms with E-state index in [9.17, 15) is 5.11 Å². The van der Waals surface area contributed by atoms with Crippen molar-refractivity contribution < 1.29 is 9.52 Å². The molecule has 31 heavy (non-hydrogen) atoms. The minimum Gasteiger partial charge on any atom is -0.449 e. The molecule has 0 spiro atoms. The molecular weight excluding hydrogens is 437 g/mol. The highest BCUT2D eigenvalue weighted by Crippen LogP contribution is 2.38. The summed E-state index contributed by atoms with van der Waals surface area (Å²) in [7, 11) is 0. The Morgan fingerprint density at radius 2 is 2.00 bits per heavy atom. The fraction of sp³-hybridized carbons (Fsp3) is 0.409. The van der Waals surface area contributed by atoms with Gasteiger partial charge in [0.25, 0.3) is 0 Å². The second kappa shape index (κ2) is 9.12. The molecule has 0 amide bonds. The molecule has 1 fully saturated rings. The number of rotatable bonds is 6. The normalized spacial score (nSPS) is 16.0. The van der Waals surface area contributed by atoms with Gasteiger partial charge in [0.2, 0.25) is 0 Å². The fourth-order valence-corrected chi connectivity index (χ4v) is 4.54. The van der Waals surface area contributed by atoms with E-state index in [0.717, 1.165) is 31.6 Å². The first-order chi connectivity index (χ1) is 15.0. The molecule has 0 bridgehead atoms. The Bertz CT molecular complexity index is 1050. The van der Waals surface area contributed by atoms with Crippen LogP contribution >= 0.6 is 23.2 Å². The zero-order valence-electron chi connectivity index (χ0n) is 17.3. The number of nitrogens with two attached hydrogens (primary N) is 1. The Morgan fingerprint density at radius 3 is 2.65 bits per heavy atom. The maximum atomic E-state index is 10.0. The van der Waals surface area contributed by atoms with Crippen LogP contribution in [-0.4, -0.2) is 39.7 Å². The SMILES string of the molecule is Cc1nc(N2CCC(CN)(Cc3ncco3)CC2)c(CO)nc1-c1cccc(Cl)c1Cl. The maximum absolute atomic E-state index is 10.0. The molecule has 164 valence electrons. The number of piperidine rings is 1. The average Bonchev–Trinajstić information content (AvgIpc) is 3.29. The van der Waals surface area contributed by atoms with E-state index in [1.165, 1.54) is 0 Å². The topological polar surface area (TPSA) is 101 Å². The molecule has 3 N–H and O–H groups in total. The Labute approximate surface area is 191 Å². The molecule has 0 atom stereocenters. The van der Waals surface area contributed by atoms with E-state index < -0.39 is 0 Å². The number of aliphatic hydroxyl groups excluding tert-OH is 1. The van der Waals surface area contributed by atoms with Crippen LogP contribution in [0.2, 0.25) is 10.0 Å². The first-order valence-corrected chi connectivity index (χ1v) is 11.0. The Hall–Kier alpha value is -2.19. The Kier molecular flexibility index (Phi) is 6.48. The fourth-order valence-electron chi connectivity index (χ4n) is 4.15. The first-order valence-electron chi connectivity index (χ1n) is 10.2. The number of oxazole rings is 1. The van der Waals surface area contributed by atoms with E-state index in [4.69, 9.17) is 43.3 Å². The van der Waals surface area contributed by atoms with Gasteiger partial charge in [-0.05, 0) is 37.8 Å². The summed E-state index contributed by atoms with van der Waals surface area (Å²) >= 11 is 12.6. The van der Waals surface area contributed by atoms with Crippen LogP contribution in [0.3, 0.4) is 0 Å². The van der Waals surface area contributed by atoms with Crippen LogP contribution < -0.4 is 10.6 Å². The maximum Gasteiger partial charge on any atom is 0.194 e. The van der Waals surface area contributed by atoms with E-state index in [-0.39, 0.29) is 12.0 Å². The van der Waals surface area contributed by atoms with Crippen LogP contribution in [0.4, 0.5) is 5.82 Å². The molecule has 1 aliphatic heterocycles. The summed E-state index contributed by atoms with van der Waals surface area (Å²) in [5.74, 6) is 1.41. The van der Waals surface area contributed by atoms with Crippen LogP contribution in [0, 0.1) is 12.3 Å². The summed E-state index contributed by atoms with van der Waals surface area (Å²) in [6.45, 7) is 3.75. The van der Waals surface area contributed by atoms with Crippen molar-refractivity contribution in [2.75, 3.05) is 24.5 Å². The molecular formula is C22H25Cl2N5O2. The standard InChI is InChI=1S/C22H25Cl2N5O2/c1-14-20(15-3-2-4-16(23)19(15)24)28-17(12-30)21(27-14)29-8-5-22(13-25,6-9-29)11-18-26-7-10-31-18/h2-4,7,10,30H,5-6,8-9,11-13,25H2,1H3. The van der Waals surface area contributed by atoms with Crippen LogP contribution in [0.5, 0.6) is 0 Å². The highest BCUT2D eigenvalue weighted by Gasteiger charge is 2.36. The van der Waals surface area contributed by atoms with E-state index in [0.29, 0.717) is 51.7 Å². The lowest BCUT2D eigenvalue weighted by atomic mass is 9.75. The number of halogens is 2. The first kappa shape index (κ1) is 22.0. The summed E-state index contributed by atoms with van der Waals surface area (Å²) in [6, 6.07) is 5.40. The van der Waals surface area contributed by atoms with Gasteiger partial charge in [0.1, 0.15) is 12.0 Å². The smallest absolute Gasteiger partial charge is 0.194 e. The monoisotopic (exact) mass is 461 g/mol. The Balaban J connectivity index is 1.59. The average molecular weight is 462 g/mol. The summed E-state index contributed by atoms with van der Waals surface area (Å²) in [5.41, 5.74) is 8.66. The minimum absolute atomic E-state index is 0.0581. The number of hydrogen-bond acceptors (Lipinski definition) is 7. The van der Waals surface area contributed by atoms with Gasteiger partial charge >= 0.3 is 0 Å². The second-order valence-electron chi connectivity index (χ2n) is 7.98. The van der Waals surface area contributed by atoms with E-state index in [1.54, 1.807) is 18.5 Å². The predicted molar refractivity (Wildman–Crippen MR) is 121 cm³/mol.